The van der Waals surface area contributed by atoms with Crippen LogP contribution in [0.4, 0.5) is 0 Å². The highest BCUT2D eigenvalue weighted by Crippen LogP contribution is 2.21. The lowest BCUT2D eigenvalue weighted by atomic mass is 10.1. The number of rotatable bonds is 5. The van der Waals surface area contributed by atoms with E-state index in [4.69, 9.17) is 10.4 Å². The Kier molecular flexibility index (Phi) is 5.23. The molecule has 0 saturated heterocycles. The molecule has 0 aliphatic rings. The van der Waals surface area contributed by atoms with Crippen LogP contribution < -0.4 is 0 Å². The maximum absolute atomic E-state index is 8.89. The lowest BCUT2D eigenvalue weighted by Gasteiger charge is -2.09. The van der Waals surface area contributed by atoms with Gasteiger partial charge in [0.1, 0.15) is 0 Å². The molecular weight excluding hydrogens is 206 g/mol. The highest BCUT2D eigenvalue weighted by molar-refractivity contribution is 7.99. The first-order chi connectivity index (χ1) is 7.27. The van der Waals surface area contributed by atoms with Crippen LogP contribution in [0.3, 0.4) is 0 Å². The van der Waals surface area contributed by atoms with E-state index in [1.165, 1.54) is 0 Å². The van der Waals surface area contributed by atoms with Crippen molar-refractivity contribution in [2.24, 2.45) is 0 Å². The van der Waals surface area contributed by atoms with Crippen molar-refractivity contribution in [2.45, 2.75) is 24.3 Å². The molecule has 80 valence electrons. The molecule has 0 aliphatic carbocycles. The maximum Gasteiger partial charge on any atom is 0.0994 e. The Labute approximate surface area is 94.9 Å². The topological polar surface area (TPSA) is 44.0 Å². The van der Waals surface area contributed by atoms with Crippen LogP contribution in [0.2, 0.25) is 0 Å². The van der Waals surface area contributed by atoms with Crippen LogP contribution in [-0.2, 0) is 5.75 Å². The van der Waals surface area contributed by atoms with Crippen LogP contribution in [0, 0.1) is 11.3 Å². The number of benzene rings is 1. The lowest BCUT2D eigenvalue weighted by Crippen LogP contribution is -2.00. The van der Waals surface area contributed by atoms with Crippen molar-refractivity contribution in [3.8, 4) is 6.07 Å². The molecular formula is C12H15NOS. The molecule has 0 saturated carbocycles. The number of thioether (sulfide) groups is 1. The molecule has 1 rings (SSSR count). The summed E-state index contributed by atoms with van der Waals surface area (Å²) in [7, 11) is 0. The SMILES string of the molecule is CC(CCO)SCc1ccccc1C#N. The third kappa shape index (κ3) is 3.94. The quantitative estimate of drug-likeness (QED) is 0.831. The molecule has 15 heavy (non-hydrogen) atoms. The first-order valence-electron chi connectivity index (χ1n) is 4.98. The van der Waals surface area contributed by atoms with E-state index < -0.39 is 0 Å². The van der Waals surface area contributed by atoms with Crippen molar-refractivity contribution in [1.29, 1.82) is 5.26 Å². The van der Waals surface area contributed by atoms with E-state index in [0.717, 1.165) is 23.3 Å². The Morgan fingerprint density at radius 1 is 1.47 bits per heavy atom. The van der Waals surface area contributed by atoms with Gasteiger partial charge in [0, 0.05) is 17.6 Å². The number of hydrogen-bond donors (Lipinski definition) is 1. The fraction of sp³-hybridized carbons (Fsp3) is 0.417. The minimum Gasteiger partial charge on any atom is -0.396 e. The van der Waals surface area contributed by atoms with Gasteiger partial charge in [-0.15, -0.1) is 0 Å². The second-order valence-electron chi connectivity index (χ2n) is 3.40. The van der Waals surface area contributed by atoms with Crippen LogP contribution in [-0.4, -0.2) is 17.0 Å². The molecule has 2 nitrogen and oxygen atoms in total. The van der Waals surface area contributed by atoms with Crippen molar-refractivity contribution in [2.75, 3.05) is 6.61 Å². The molecule has 1 unspecified atom stereocenters. The van der Waals surface area contributed by atoms with Gasteiger partial charge >= 0.3 is 0 Å². The Morgan fingerprint density at radius 3 is 2.87 bits per heavy atom. The smallest absolute Gasteiger partial charge is 0.0994 e. The summed E-state index contributed by atoms with van der Waals surface area (Å²) < 4.78 is 0. The standard InChI is InChI=1S/C12H15NOS/c1-10(6-7-14)15-9-12-5-3-2-4-11(12)8-13/h2-5,10,14H,6-7,9H2,1H3. The second kappa shape index (κ2) is 6.49. The zero-order chi connectivity index (χ0) is 11.1. The van der Waals surface area contributed by atoms with Crippen LogP contribution in [0.1, 0.15) is 24.5 Å². The summed E-state index contributed by atoms with van der Waals surface area (Å²) in [6.45, 7) is 2.32. The number of aliphatic hydroxyl groups is 1. The van der Waals surface area contributed by atoms with Gasteiger partial charge in [0.2, 0.25) is 0 Å². The van der Waals surface area contributed by atoms with Crippen LogP contribution in [0.25, 0.3) is 0 Å². The molecule has 0 heterocycles. The summed E-state index contributed by atoms with van der Waals surface area (Å²) in [4.78, 5) is 0. The van der Waals surface area contributed by atoms with Crippen LogP contribution in [0.15, 0.2) is 24.3 Å². The van der Waals surface area contributed by atoms with E-state index in [0.29, 0.717) is 5.25 Å². The summed E-state index contributed by atoms with van der Waals surface area (Å²) in [5.74, 6) is 0.838. The van der Waals surface area contributed by atoms with Gasteiger partial charge in [-0.2, -0.15) is 17.0 Å². The summed E-state index contributed by atoms with van der Waals surface area (Å²) in [6.07, 6.45) is 0.805. The van der Waals surface area contributed by atoms with Crippen molar-refractivity contribution in [1.82, 2.24) is 0 Å². The molecule has 1 aromatic rings. The Balaban J connectivity index is 2.54. The normalized spacial score (nSPS) is 12.1. The van der Waals surface area contributed by atoms with Gasteiger partial charge < -0.3 is 5.11 Å². The van der Waals surface area contributed by atoms with E-state index in [1.807, 2.05) is 24.3 Å². The van der Waals surface area contributed by atoms with E-state index >= 15 is 0 Å². The minimum atomic E-state index is 0.230. The molecule has 0 amide bonds. The average Bonchev–Trinajstić information content (AvgIpc) is 2.27. The summed E-state index contributed by atoms with van der Waals surface area (Å²) in [6, 6.07) is 9.84. The van der Waals surface area contributed by atoms with Gasteiger partial charge in [-0.05, 0) is 18.1 Å². The molecule has 0 aromatic heterocycles. The van der Waals surface area contributed by atoms with Crippen LogP contribution >= 0.6 is 11.8 Å². The highest BCUT2D eigenvalue weighted by atomic mass is 32.2. The van der Waals surface area contributed by atoms with E-state index in [9.17, 15) is 0 Å². The van der Waals surface area contributed by atoms with Crippen molar-refractivity contribution in [3.05, 3.63) is 35.4 Å². The zero-order valence-corrected chi connectivity index (χ0v) is 9.63. The summed E-state index contributed by atoms with van der Waals surface area (Å²) in [5.41, 5.74) is 1.83. The van der Waals surface area contributed by atoms with Gasteiger partial charge in [-0.25, -0.2) is 0 Å². The molecule has 1 N–H and O–H groups in total. The van der Waals surface area contributed by atoms with Gasteiger partial charge in [-0.3, -0.25) is 0 Å². The Bertz CT molecular complexity index is 346. The number of nitrogens with zero attached hydrogens (tertiary/aromatic N) is 1. The third-order valence-electron chi connectivity index (χ3n) is 2.20. The van der Waals surface area contributed by atoms with E-state index in [1.54, 1.807) is 11.8 Å². The number of nitriles is 1. The van der Waals surface area contributed by atoms with Gasteiger partial charge in [0.25, 0.3) is 0 Å². The third-order valence-corrected chi connectivity index (χ3v) is 3.48. The Morgan fingerprint density at radius 2 is 2.20 bits per heavy atom. The largest absolute Gasteiger partial charge is 0.396 e. The number of hydrogen-bond acceptors (Lipinski definition) is 3. The predicted octanol–water partition coefficient (Wildman–Crippen LogP) is 2.56. The molecule has 3 heteroatoms. The zero-order valence-electron chi connectivity index (χ0n) is 8.81. The van der Waals surface area contributed by atoms with Gasteiger partial charge in [0.05, 0.1) is 11.6 Å². The summed E-state index contributed by atoms with van der Waals surface area (Å²) in [5, 5.41) is 18.1. The molecule has 0 fully saturated rings. The van der Waals surface area contributed by atoms with E-state index in [-0.39, 0.29) is 6.61 Å². The molecule has 0 bridgehead atoms. The molecule has 0 radical (unpaired) electrons. The molecule has 0 aliphatic heterocycles. The highest BCUT2D eigenvalue weighted by Gasteiger charge is 2.05. The first-order valence-corrected chi connectivity index (χ1v) is 6.03. The van der Waals surface area contributed by atoms with Crippen LogP contribution in [0.5, 0.6) is 0 Å². The first kappa shape index (κ1) is 12.1. The fourth-order valence-corrected chi connectivity index (χ4v) is 2.24. The Hall–Kier alpha value is -0.980. The van der Waals surface area contributed by atoms with E-state index in [2.05, 4.69) is 13.0 Å². The summed E-state index contributed by atoms with van der Waals surface area (Å²) >= 11 is 1.77. The van der Waals surface area contributed by atoms with Crippen molar-refractivity contribution in [3.63, 3.8) is 0 Å². The predicted molar refractivity (Wildman–Crippen MR) is 63.6 cm³/mol. The van der Waals surface area contributed by atoms with Gasteiger partial charge in [0.15, 0.2) is 0 Å². The second-order valence-corrected chi connectivity index (χ2v) is 4.83. The average molecular weight is 221 g/mol. The molecule has 1 aromatic carbocycles. The maximum atomic E-state index is 8.89. The lowest BCUT2D eigenvalue weighted by molar-refractivity contribution is 0.289. The monoisotopic (exact) mass is 221 g/mol. The molecule has 1 atom stereocenters. The minimum absolute atomic E-state index is 0.230. The fourth-order valence-electron chi connectivity index (χ4n) is 1.25. The molecule has 0 spiro atoms. The van der Waals surface area contributed by atoms with Crippen molar-refractivity contribution >= 4 is 11.8 Å². The number of aliphatic hydroxyl groups excluding tert-OH is 1. The van der Waals surface area contributed by atoms with Crippen molar-refractivity contribution < 1.29 is 5.11 Å². The van der Waals surface area contributed by atoms with Gasteiger partial charge in [-0.1, -0.05) is 25.1 Å².